The zero-order valence-corrected chi connectivity index (χ0v) is 15.7. The van der Waals surface area contributed by atoms with Gasteiger partial charge in [-0.3, -0.25) is 4.79 Å². The van der Waals surface area contributed by atoms with Crippen LogP contribution in [-0.4, -0.2) is 31.1 Å². The van der Waals surface area contributed by atoms with Crippen LogP contribution in [0.4, 0.5) is 10.5 Å². The lowest BCUT2D eigenvalue weighted by Crippen LogP contribution is -2.43. The molecule has 0 bridgehead atoms. The van der Waals surface area contributed by atoms with Gasteiger partial charge in [0.25, 0.3) is 0 Å². The number of rotatable bonds is 9. The van der Waals surface area contributed by atoms with Crippen LogP contribution in [0, 0.1) is 0 Å². The van der Waals surface area contributed by atoms with E-state index in [1.54, 1.807) is 0 Å². The van der Waals surface area contributed by atoms with Gasteiger partial charge < -0.3 is 20.7 Å². The van der Waals surface area contributed by atoms with Crippen molar-refractivity contribution in [2.75, 3.05) is 18.5 Å². The van der Waals surface area contributed by atoms with Gasteiger partial charge in [0, 0.05) is 19.0 Å². The van der Waals surface area contributed by atoms with Gasteiger partial charge in [-0.1, -0.05) is 38.3 Å². The molecule has 144 valence electrons. The fourth-order valence-corrected chi connectivity index (χ4v) is 3.05. The van der Waals surface area contributed by atoms with Crippen molar-refractivity contribution in [3.63, 3.8) is 0 Å². The molecule has 1 aliphatic rings. The molecule has 6 heteroatoms. The molecule has 0 aromatic heterocycles. The standard InChI is InChI=1S/C20H31N3O3/c1-2-15-26-18-12-7-6-11-17(18)23-19(24)13-8-14-21-20(25)22-16-9-4-3-5-10-16/h6-7,11-12,16H,2-5,8-10,13-15H2,1H3,(H,23,24)(H2,21,22,25). The van der Waals surface area contributed by atoms with Crippen LogP contribution in [0.25, 0.3) is 0 Å². The summed E-state index contributed by atoms with van der Waals surface area (Å²) in [5.41, 5.74) is 0.689. The minimum Gasteiger partial charge on any atom is -0.491 e. The first-order valence-corrected chi connectivity index (χ1v) is 9.75. The normalized spacial score (nSPS) is 14.5. The third-order valence-electron chi connectivity index (χ3n) is 4.43. The van der Waals surface area contributed by atoms with Gasteiger partial charge in [-0.2, -0.15) is 0 Å². The fourth-order valence-electron chi connectivity index (χ4n) is 3.05. The Morgan fingerprint density at radius 3 is 2.69 bits per heavy atom. The summed E-state index contributed by atoms with van der Waals surface area (Å²) in [6, 6.07) is 7.60. The highest BCUT2D eigenvalue weighted by atomic mass is 16.5. The summed E-state index contributed by atoms with van der Waals surface area (Å²) in [7, 11) is 0. The molecule has 6 nitrogen and oxygen atoms in total. The number of urea groups is 1. The summed E-state index contributed by atoms with van der Waals surface area (Å²) in [6.45, 7) is 3.14. The lowest BCUT2D eigenvalue weighted by atomic mass is 9.96. The van der Waals surface area contributed by atoms with Gasteiger partial charge in [0.15, 0.2) is 0 Å². The lowest BCUT2D eigenvalue weighted by molar-refractivity contribution is -0.116. The van der Waals surface area contributed by atoms with Gasteiger partial charge in [0.05, 0.1) is 12.3 Å². The van der Waals surface area contributed by atoms with Crippen LogP contribution in [0.5, 0.6) is 5.75 Å². The number of carbonyl (C=O) groups is 2. The molecular weight excluding hydrogens is 330 g/mol. The maximum absolute atomic E-state index is 12.1. The van der Waals surface area contributed by atoms with Gasteiger partial charge in [-0.15, -0.1) is 0 Å². The van der Waals surface area contributed by atoms with E-state index < -0.39 is 0 Å². The van der Waals surface area contributed by atoms with Crippen LogP contribution in [0.1, 0.15) is 58.3 Å². The third-order valence-corrected chi connectivity index (χ3v) is 4.43. The first-order valence-electron chi connectivity index (χ1n) is 9.75. The number of carbonyl (C=O) groups excluding carboxylic acids is 2. The smallest absolute Gasteiger partial charge is 0.315 e. The van der Waals surface area contributed by atoms with E-state index in [0.29, 0.717) is 43.5 Å². The molecule has 0 saturated heterocycles. The van der Waals surface area contributed by atoms with Crippen molar-refractivity contribution in [3.8, 4) is 5.75 Å². The SMILES string of the molecule is CCCOc1ccccc1NC(=O)CCCNC(=O)NC1CCCCC1. The highest BCUT2D eigenvalue weighted by molar-refractivity contribution is 5.92. The Morgan fingerprint density at radius 1 is 1.15 bits per heavy atom. The van der Waals surface area contributed by atoms with E-state index in [1.165, 1.54) is 19.3 Å². The Bertz CT molecular complexity index is 571. The average molecular weight is 361 g/mol. The zero-order valence-electron chi connectivity index (χ0n) is 15.7. The molecule has 0 unspecified atom stereocenters. The van der Waals surface area contributed by atoms with Gasteiger partial charge >= 0.3 is 6.03 Å². The molecule has 1 aliphatic carbocycles. The second-order valence-corrected chi connectivity index (χ2v) is 6.73. The predicted octanol–water partition coefficient (Wildman–Crippen LogP) is 3.83. The van der Waals surface area contributed by atoms with Crippen LogP contribution in [0.2, 0.25) is 0 Å². The number of hydrogen-bond acceptors (Lipinski definition) is 3. The lowest BCUT2D eigenvalue weighted by Gasteiger charge is -2.22. The van der Waals surface area contributed by atoms with Crippen LogP contribution in [0.3, 0.4) is 0 Å². The number of para-hydroxylation sites is 2. The van der Waals surface area contributed by atoms with E-state index in [0.717, 1.165) is 19.3 Å². The summed E-state index contributed by atoms with van der Waals surface area (Å²) in [5.74, 6) is 0.611. The topological polar surface area (TPSA) is 79.5 Å². The maximum atomic E-state index is 12.1. The summed E-state index contributed by atoms with van der Waals surface area (Å²) in [5, 5.41) is 8.72. The second-order valence-electron chi connectivity index (χ2n) is 6.73. The number of hydrogen-bond donors (Lipinski definition) is 3. The molecule has 3 amide bonds. The van der Waals surface area contributed by atoms with E-state index in [4.69, 9.17) is 4.74 Å². The van der Waals surface area contributed by atoms with Crippen molar-refractivity contribution in [1.82, 2.24) is 10.6 Å². The molecule has 3 N–H and O–H groups in total. The molecule has 1 fully saturated rings. The van der Waals surface area contributed by atoms with E-state index in [2.05, 4.69) is 16.0 Å². The second kappa shape index (κ2) is 11.4. The fraction of sp³-hybridized carbons (Fsp3) is 0.600. The van der Waals surface area contributed by atoms with Gasteiger partial charge in [-0.05, 0) is 37.8 Å². The molecule has 0 heterocycles. The van der Waals surface area contributed by atoms with Crippen LogP contribution in [-0.2, 0) is 4.79 Å². The van der Waals surface area contributed by atoms with E-state index in [1.807, 2.05) is 31.2 Å². The monoisotopic (exact) mass is 361 g/mol. The maximum Gasteiger partial charge on any atom is 0.315 e. The molecule has 1 aromatic rings. The third kappa shape index (κ3) is 7.33. The minimum absolute atomic E-state index is 0.0768. The highest BCUT2D eigenvalue weighted by Crippen LogP contribution is 2.24. The van der Waals surface area contributed by atoms with Crippen molar-refractivity contribution in [2.24, 2.45) is 0 Å². The van der Waals surface area contributed by atoms with E-state index in [-0.39, 0.29) is 11.9 Å². The van der Waals surface area contributed by atoms with Crippen LogP contribution in [0.15, 0.2) is 24.3 Å². The first kappa shape index (κ1) is 20.1. The molecular formula is C20H31N3O3. The Balaban J connectivity index is 1.63. The number of amides is 3. The Labute approximate surface area is 156 Å². The summed E-state index contributed by atoms with van der Waals surface area (Å²) in [6.07, 6.45) is 7.64. The Kier molecular flexibility index (Phi) is 8.79. The summed E-state index contributed by atoms with van der Waals surface area (Å²) < 4.78 is 5.64. The molecule has 1 aromatic carbocycles. The quantitative estimate of drug-likeness (QED) is 0.585. The molecule has 2 rings (SSSR count). The van der Waals surface area contributed by atoms with Crippen molar-refractivity contribution in [2.45, 2.75) is 64.3 Å². The number of anilines is 1. The summed E-state index contributed by atoms with van der Waals surface area (Å²) >= 11 is 0. The van der Waals surface area contributed by atoms with Gasteiger partial charge in [0.2, 0.25) is 5.91 Å². The number of ether oxygens (including phenoxy) is 1. The average Bonchev–Trinajstić information content (AvgIpc) is 2.65. The van der Waals surface area contributed by atoms with Crippen molar-refractivity contribution >= 4 is 17.6 Å². The molecule has 0 aliphatic heterocycles. The number of nitrogens with one attached hydrogen (secondary N) is 3. The molecule has 0 radical (unpaired) electrons. The van der Waals surface area contributed by atoms with E-state index in [9.17, 15) is 9.59 Å². The Hall–Kier alpha value is -2.24. The first-order chi connectivity index (χ1) is 12.7. The predicted molar refractivity (Wildman–Crippen MR) is 103 cm³/mol. The largest absolute Gasteiger partial charge is 0.491 e. The van der Waals surface area contributed by atoms with Crippen molar-refractivity contribution < 1.29 is 14.3 Å². The molecule has 0 atom stereocenters. The van der Waals surface area contributed by atoms with Crippen LogP contribution < -0.4 is 20.7 Å². The highest BCUT2D eigenvalue weighted by Gasteiger charge is 2.15. The molecule has 26 heavy (non-hydrogen) atoms. The van der Waals surface area contributed by atoms with Crippen molar-refractivity contribution in [3.05, 3.63) is 24.3 Å². The minimum atomic E-state index is -0.129. The molecule has 1 saturated carbocycles. The van der Waals surface area contributed by atoms with Gasteiger partial charge in [-0.25, -0.2) is 4.79 Å². The van der Waals surface area contributed by atoms with Crippen LogP contribution >= 0.6 is 0 Å². The van der Waals surface area contributed by atoms with Crippen molar-refractivity contribution in [1.29, 1.82) is 0 Å². The zero-order chi connectivity index (χ0) is 18.6. The molecule has 0 spiro atoms. The summed E-state index contributed by atoms with van der Waals surface area (Å²) in [4.78, 5) is 24.0. The Morgan fingerprint density at radius 2 is 1.92 bits per heavy atom. The number of benzene rings is 1. The van der Waals surface area contributed by atoms with E-state index >= 15 is 0 Å². The van der Waals surface area contributed by atoms with Gasteiger partial charge in [0.1, 0.15) is 5.75 Å².